The van der Waals surface area contributed by atoms with Gasteiger partial charge in [-0.25, -0.2) is 9.13 Å². The molecule has 0 rings (SSSR count). The van der Waals surface area contributed by atoms with Crippen molar-refractivity contribution >= 4 is 39.5 Å². The molecule has 0 aliphatic rings. The molecule has 91 heavy (non-hydrogen) atoms. The molecule has 540 valence electrons. The van der Waals surface area contributed by atoms with Gasteiger partial charge in [0.15, 0.2) is 12.2 Å². The number of carbonyl (C=O) groups excluding carboxylic acids is 4. The van der Waals surface area contributed by atoms with Crippen LogP contribution in [0.2, 0.25) is 0 Å². The molecule has 0 radical (unpaired) electrons. The van der Waals surface area contributed by atoms with Crippen LogP contribution in [-0.2, 0) is 65.4 Å². The van der Waals surface area contributed by atoms with Crippen molar-refractivity contribution < 1.29 is 80.2 Å². The Bertz CT molecular complexity index is 1790. The number of phosphoric ester groups is 2. The van der Waals surface area contributed by atoms with E-state index in [1.165, 1.54) is 167 Å². The number of rotatable bonds is 70. The van der Waals surface area contributed by atoms with Gasteiger partial charge in [-0.1, -0.05) is 312 Å². The van der Waals surface area contributed by atoms with Crippen LogP contribution in [0.4, 0.5) is 0 Å². The fourth-order valence-electron chi connectivity index (χ4n) is 10.9. The molecule has 0 aromatic carbocycles. The molecule has 0 amide bonds. The molecule has 0 bridgehead atoms. The number of carbonyl (C=O) groups is 4. The summed E-state index contributed by atoms with van der Waals surface area (Å²) < 4.78 is 68.2. The van der Waals surface area contributed by atoms with Gasteiger partial charge in [0.05, 0.1) is 26.4 Å². The van der Waals surface area contributed by atoms with Crippen molar-refractivity contribution in [1.29, 1.82) is 0 Å². The first-order chi connectivity index (χ1) is 43.8. The first-order valence-corrected chi connectivity index (χ1v) is 40.4. The number of ether oxygens (including phenoxy) is 4. The van der Waals surface area contributed by atoms with Gasteiger partial charge in [-0.15, -0.1) is 0 Å². The maximum Gasteiger partial charge on any atom is 0.472 e. The van der Waals surface area contributed by atoms with Crippen LogP contribution in [0.25, 0.3) is 0 Å². The van der Waals surface area contributed by atoms with Crippen LogP contribution < -0.4 is 0 Å². The highest BCUT2D eigenvalue weighted by Gasteiger charge is 2.30. The predicted octanol–water partition coefficient (Wildman–Crippen LogP) is 20.6. The molecule has 17 nitrogen and oxygen atoms in total. The molecule has 0 aliphatic carbocycles. The van der Waals surface area contributed by atoms with Gasteiger partial charge in [-0.05, 0) is 43.4 Å². The molecular weight excluding hydrogens is 1200 g/mol. The van der Waals surface area contributed by atoms with Crippen molar-refractivity contribution in [2.75, 3.05) is 39.6 Å². The number of phosphoric acid groups is 2. The van der Waals surface area contributed by atoms with Gasteiger partial charge in [-0.3, -0.25) is 37.3 Å². The Kier molecular flexibility index (Phi) is 61.5. The van der Waals surface area contributed by atoms with E-state index < -0.39 is 97.5 Å². The van der Waals surface area contributed by atoms with Crippen LogP contribution in [0.5, 0.6) is 0 Å². The first-order valence-electron chi connectivity index (χ1n) is 37.4. The number of unbranched alkanes of at least 4 members (excludes halogenated alkanes) is 37. The lowest BCUT2D eigenvalue weighted by Gasteiger charge is -2.21. The topological polar surface area (TPSA) is 237 Å². The van der Waals surface area contributed by atoms with E-state index in [2.05, 4.69) is 48.5 Å². The molecule has 0 heterocycles. The molecule has 19 heteroatoms. The molecule has 0 saturated carbocycles. The standard InChI is InChI=1S/C72H140O17P2/c1-8-10-11-36-46-53-69(74)82-59-67(88-71(76)56-49-42-35-29-23-22-26-32-39-45-52-65(7)9-2)61-86-90(78,79)84-57-66(73)58-85-91(80,81)87-62-68(89-72(77)55-48-41-34-28-21-17-13-15-19-25-31-38-44-51-64(5)6)60-83-70(75)54-47-40-33-27-20-16-12-14-18-24-30-37-43-50-63(3)4/h63-68,73H,8-62H2,1-7H3,(H,78,79)(H,80,81)/t65?,66-,67+,68+/m0/s1. The highest BCUT2D eigenvalue weighted by atomic mass is 31.2. The zero-order valence-corrected chi connectivity index (χ0v) is 61.1. The number of esters is 4. The van der Waals surface area contributed by atoms with Crippen molar-refractivity contribution in [1.82, 2.24) is 0 Å². The first kappa shape index (κ1) is 89.1. The quantitative estimate of drug-likeness (QED) is 0.0222. The Balaban J connectivity index is 5.17. The lowest BCUT2D eigenvalue weighted by Crippen LogP contribution is -2.30. The van der Waals surface area contributed by atoms with E-state index in [0.29, 0.717) is 25.7 Å². The monoisotopic (exact) mass is 1340 g/mol. The molecule has 6 atom stereocenters. The lowest BCUT2D eigenvalue weighted by atomic mass is 9.99. The molecule has 3 N–H and O–H groups in total. The summed E-state index contributed by atoms with van der Waals surface area (Å²) in [5.41, 5.74) is 0. The van der Waals surface area contributed by atoms with Crippen molar-refractivity contribution in [3.8, 4) is 0 Å². The maximum absolute atomic E-state index is 13.0. The van der Waals surface area contributed by atoms with Gasteiger partial charge in [-0.2, -0.15) is 0 Å². The van der Waals surface area contributed by atoms with E-state index in [0.717, 1.165) is 114 Å². The average molecular weight is 1340 g/mol. The SMILES string of the molecule is CCCCCCCC(=O)OC[C@H](COP(=O)(O)OC[C@H](O)COP(=O)(O)OC[C@@H](COC(=O)CCCCCCCCCCCCCCCC(C)C)OC(=O)CCCCCCCCCCCCCCCC(C)C)OC(=O)CCCCCCCCCCCCC(C)CC. The van der Waals surface area contributed by atoms with E-state index in [9.17, 15) is 43.2 Å². The predicted molar refractivity (Wildman–Crippen MR) is 368 cm³/mol. The van der Waals surface area contributed by atoms with Gasteiger partial charge in [0.2, 0.25) is 0 Å². The van der Waals surface area contributed by atoms with Crippen molar-refractivity contribution in [3.05, 3.63) is 0 Å². The van der Waals surface area contributed by atoms with Crippen LogP contribution in [0.1, 0.15) is 363 Å². The van der Waals surface area contributed by atoms with Gasteiger partial charge < -0.3 is 33.8 Å². The average Bonchev–Trinajstić information content (AvgIpc) is 3.13. The third-order valence-corrected chi connectivity index (χ3v) is 18.9. The van der Waals surface area contributed by atoms with Crippen LogP contribution in [0, 0.1) is 17.8 Å². The Morgan fingerprint density at radius 3 is 0.835 bits per heavy atom. The van der Waals surface area contributed by atoms with Gasteiger partial charge in [0, 0.05) is 25.7 Å². The number of hydrogen-bond acceptors (Lipinski definition) is 15. The van der Waals surface area contributed by atoms with Crippen LogP contribution in [0.15, 0.2) is 0 Å². The molecule has 0 spiro atoms. The minimum Gasteiger partial charge on any atom is -0.462 e. The van der Waals surface area contributed by atoms with E-state index in [-0.39, 0.29) is 25.7 Å². The van der Waals surface area contributed by atoms with Gasteiger partial charge in [0.25, 0.3) is 0 Å². The van der Waals surface area contributed by atoms with Crippen molar-refractivity contribution in [2.24, 2.45) is 17.8 Å². The molecule has 0 aromatic rings. The third-order valence-electron chi connectivity index (χ3n) is 17.0. The van der Waals surface area contributed by atoms with Crippen molar-refractivity contribution in [2.45, 2.75) is 381 Å². The Labute approximate surface area is 556 Å². The molecule has 0 fully saturated rings. The van der Waals surface area contributed by atoms with Gasteiger partial charge in [0.1, 0.15) is 19.3 Å². The minimum absolute atomic E-state index is 0.105. The number of aliphatic hydroxyl groups is 1. The second-order valence-electron chi connectivity index (χ2n) is 27.2. The summed E-state index contributed by atoms with van der Waals surface area (Å²) in [6.07, 6.45) is 47.4. The summed E-state index contributed by atoms with van der Waals surface area (Å²) in [6, 6.07) is 0. The lowest BCUT2D eigenvalue weighted by molar-refractivity contribution is -0.161. The van der Waals surface area contributed by atoms with Crippen molar-refractivity contribution in [3.63, 3.8) is 0 Å². The van der Waals surface area contributed by atoms with E-state index in [4.69, 9.17) is 37.0 Å². The zero-order valence-electron chi connectivity index (χ0n) is 59.3. The number of hydrogen-bond donors (Lipinski definition) is 3. The second kappa shape index (κ2) is 62.8. The maximum atomic E-state index is 13.0. The fraction of sp³-hybridized carbons (Fsp3) is 0.944. The smallest absolute Gasteiger partial charge is 0.462 e. The zero-order chi connectivity index (χ0) is 67.3. The van der Waals surface area contributed by atoms with E-state index in [1.807, 2.05) is 0 Å². The Hall–Kier alpha value is -1.94. The van der Waals surface area contributed by atoms with Crippen LogP contribution in [0.3, 0.4) is 0 Å². The summed E-state index contributed by atoms with van der Waals surface area (Å²) in [7, 11) is -9.90. The Morgan fingerprint density at radius 1 is 0.319 bits per heavy atom. The second-order valence-corrected chi connectivity index (χ2v) is 30.1. The highest BCUT2D eigenvalue weighted by Crippen LogP contribution is 2.45. The summed E-state index contributed by atoms with van der Waals surface area (Å²) in [5.74, 6) is 0.248. The molecule has 0 aliphatic heterocycles. The van der Waals surface area contributed by atoms with Crippen LogP contribution >= 0.6 is 15.6 Å². The summed E-state index contributed by atoms with van der Waals surface area (Å²) in [4.78, 5) is 72.4. The van der Waals surface area contributed by atoms with Crippen LogP contribution in [-0.4, -0.2) is 96.7 Å². The molecular formula is C72H140O17P2. The van der Waals surface area contributed by atoms with E-state index in [1.54, 1.807) is 0 Å². The normalized spacial score (nSPS) is 14.5. The van der Waals surface area contributed by atoms with E-state index >= 15 is 0 Å². The molecule has 0 aromatic heterocycles. The Morgan fingerprint density at radius 2 is 0.560 bits per heavy atom. The largest absolute Gasteiger partial charge is 0.472 e. The summed E-state index contributed by atoms with van der Waals surface area (Å²) in [6.45, 7) is 11.8. The number of aliphatic hydroxyl groups excluding tert-OH is 1. The highest BCUT2D eigenvalue weighted by molar-refractivity contribution is 7.47. The fourth-order valence-corrected chi connectivity index (χ4v) is 12.4. The molecule has 3 unspecified atom stereocenters. The molecule has 0 saturated heterocycles. The minimum atomic E-state index is -4.95. The summed E-state index contributed by atoms with van der Waals surface area (Å²) in [5, 5.41) is 10.6. The van der Waals surface area contributed by atoms with Gasteiger partial charge >= 0.3 is 39.5 Å². The third kappa shape index (κ3) is 65.1. The summed E-state index contributed by atoms with van der Waals surface area (Å²) >= 11 is 0.